The van der Waals surface area contributed by atoms with E-state index in [1.54, 1.807) is 6.07 Å². The van der Waals surface area contributed by atoms with E-state index in [1.807, 2.05) is 24.3 Å². The molecule has 0 saturated heterocycles. The van der Waals surface area contributed by atoms with Crippen molar-refractivity contribution in [2.24, 2.45) is 0 Å². The van der Waals surface area contributed by atoms with Crippen LogP contribution in [0.2, 0.25) is 0 Å². The Kier molecular flexibility index (Phi) is 8.54. The quantitative estimate of drug-likeness (QED) is 0.141. The Labute approximate surface area is 194 Å². The van der Waals surface area contributed by atoms with Crippen LogP contribution in [0.15, 0.2) is 60.7 Å². The average molecular weight is 468 g/mol. The number of benzene rings is 3. The van der Waals surface area contributed by atoms with Crippen LogP contribution in [0.5, 0.6) is 11.5 Å². The first kappa shape index (κ1) is 24.7. The van der Waals surface area contributed by atoms with Crippen LogP contribution < -0.4 is 10.8 Å². The minimum Gasteiger partial charge on any atom is -0.508 e. The van der Waals surface area contributed by atoms with Crippen LogP contribution >= 0.6 is 0 Å². The number of hydroxylamine groups is 1. The molecule has 0 spiro atoms. The van der Waals surface area contributed by atoms with Gasteiger partial charge in [0, 0.05) is 13.1 Å². The van der Waals surface area contributed by atoms with E-state index in [1.165, 1.54) is 24.3 Å². The van der Waals surface area contributed by atoms with Crippen molar-refractivity contribution in [3.8, 4) is 11.5 Å². The van der Waals surface area contributed by atoms with Gasteiger partial charge in [0.1, 0.15) is 18.1 Å². The van der Waals surface area contributed by atoms with Gasteiger partial charge in [-0.2, -0.15) is 5.48 Å². The average Bonchev–Trinajstić information content (AvgIpc) is 2.82. The van der Waals surface area contributed by atoms with Crippen molar-refractivity contribution in [1.29, 1.82) is 0 Å². The molecule has 0 radical (unpaired) electrons. The van der Waals surface area contributed by atoms with Gasteiger partial charge in [-0.25, -0.2) is 9.68 Å². The molecule has 10 nitrogen and oxygen atoms in total. The first-order valence-corrected chi connectivity index (χ1v) is 10.2. The van der Waals surface area contributed by atoms with Gasteiger partial charge in [0.25, 0.3) is 5.91 Å². The van der Waals surface area contributed by atoms with Gasteiger partial charge in [0.05, 0.1) is 17.7 Å². The molecule has 0 aromatic heterocycles. The van der Waals surface area contributed by atoms with Gasteiger partial charge in [-0.15, -0.1) is 0 Å². The molecular weight excluding hydrogens is 444 g/mol. The topological polar surface area (TPSA) is 158 Å². The zero-order chi connectivity index (χ0) is 24.5. The Bertz CT molecular complexity index is 1150. The lowest BCUT2D eigenvalue weighted by molar-refractivity contribution is -0.253. The van der Waals surface area contributed by atoms with E-state index in [-0.39, 0.29) is 42.4 Å². The van der Waals surface area contributed by atoms with E-state index < -0.39 is 11.9 Å². The SMILES string of the molecule is O=C(O)c1cc(O)ccc1C(=O)NCc1ccc(CNOCc2ccc(O)cc2COO)cc1. The molecule has 1 amide bonds. The van der Waals surface area contributed by atoms with Gasteiger partial charge in [0.15, 0.2) is 0 Å². The minimum absolute atomic E-state index is 0.0365. The normalized spacial score (nSPS) is 10.7. The van der Waals surface area contributed by atoms with Crippen molar-refractivity contribution >= 4 is 11.9 Å². The molecule has 0 heterocycles. The fourth-order valence-corrected chi connectivity index (χ4v) is 3.18. The maximum absolute atomic E-state index is 12.4. The highest BCUT2D eigenvalue weighted by Crippen LogP contribution is 2.19. The van der Waals surface area contributed by atoms with Gasteiger partial charge >= 0.3 is 5.97 Å². The van der Waals surface area contributed by atoms with Crippen molar-refractivity contribution in [1.82, 2.24) is 10.8 Å². The smallest absolute Gasteiger partial charge is 0.336 e. The molecule has 34 heavy (non-hydrogen) atoms. The van der Waals surface area contributed by atoms with Crippen LogP contribution in [0.25, 0.3) is 0 Å². The van der Waals surface area contributed by atoms with Crippen molar-refractivity contribution in [3.63, 3.8) is 0 Å². The van der Waals surface area contributed by atoms with E-state index in [4.69, 9.17) is 10.1 Å². The van der Waals surface area contributed by atoms with Crippen LogP contribution in [0.1, 0.15) is 43.0 Å². The summed E-state index contributed by atoms with van der Waals surface area (Å²) in [6, 6.07) is 15.6. The predicted molar refractivity (Wildman–Crippen MR) is 120 cm³/mol. The number of aromatic hydroxyl groups is 2. The third kappa shape index (κ3) is 6.77. The fourth-order valence-electron chi connectivity index (χ4n) is 3.18. The number of amides is 1. The Morgan fingerprint density at radius 3 is 2.09 bits per heavy atom. The first-order chi connectivity index (χ1) is 16.4. The van der Waals surface area contributed by atoms with Gasteiger partial charge < -0.3 is 20.6 Å². The molecular formula is C24H24N2O8. The molecule has 0 aliphatic heterocycles. The van der Waals surface area contributed by atoms with Crippen LogP contribution in [-0.4, -0.2) is 32.5 Å². The van der Waals surface area contributed by atoms with Gasteiger partial charge in [0.2, 0.25) is 0 Å². The van der Waals surface area contributed by atoms with Crippen molar-refractivity contribution in [2.75, 3.05) is 0 Å². The summed E-state index contributed by atoms with van der Waals surface area (Å²) in [6.07, 6.45) is 0. The zero-order valence-corrected chi connectivity index (χ0v) is 18.0. The standard InChI is InChI=1S/C24H24N2O8/c27-19-6-5-17(18(9-19)14-34-32)13-33-26-12-16-3-1-15(2-4-16)11-25-23(29)21-8-7-20(28)10-22(21)24(30)31/h1-10,26-28,32H,11-14H2,(H,25,29)(H,30,31). The number of phenols is 2. The number of carboxylic acids is 1. The van der Waals surface area contributed by atoms with Crippen LogP contribution in [-0.2, 0) is 36.0 Å². The number of hydrogen-bond donors (Lipinski definition) is 6. The lowest BCUT2D eigenvalue weighted by Crippen LogP contribution is -2.25. The number of nitrogens with one attached hydrogen (secondary N) is 2. The second kappa shape index (κ2) is 11.8. The monoisotopic (exact) mass is 468 g/mol. The number of carbonyl (C=O) groups excluding carboxylic acids is 1. The molecule has 3 rings (SSSR count). The molecule has 0 aliphatic rings. The van der Waals surface area contributed by atoms with Crippen LogP contribution in [0, 0.1) is 0 Å². The molecule has 0 unspecified atom stereocenters. The number of phenolic OH excluding ortho intramolecular Hbond substituents is 2. The van der Waals surface area contributed by atoms with Crippen molar-refractivity contribution < 1.29 is 39.9 Å². The van der Waals surface area contributed by atoms with E-state index in [0.29, 0.717) is 12.1 Å². The summed E-state index contributed by atoms with van der Waals surface area (Å²) in [5.74, 6) is -2.03. The third-order valence-electron chi connectivity index (χ3n) is 4.97. The summed E-state index contributed by atoms with van der Waals surface area (Å²) in [6.45, 7) is 0.722. The highest BCUT2D eigenvalue weighted by atomic mass is 17.1. The molecule has 3 aromatic carbocycles. The molecule has 0 aliphatic carbocycles. The first-order valence-electron chi connectivity index (χ1n) is 10.2. The Hall–Kier alpha value is -3.96. The van der Waals surface area contributed by atoms with Gasteiger partial charge in [-0.1, -0.05) is 30.3 Å². The summed E-state index contributed by atoms with van der Waals surface area (Å²) in [5, 5.41) is 39.5. The van der Waals surface area contributed by atoms with Crippen molar-refractivity contribution in [2.45, 2.75) is 26.3 Å². The Morgan fingerprint density at radius 2 is 1.41 bits per heavy atom. The number of aromatic carboxylic acids is 1. The summed E-state index contributed by atoms with van der Waals surface area (Å²) in [7, 11) is 0. The molecule has 3 aromatic rings. The Morgan fingerprint density at radius 1 is 0.765 bits per heavy atom. The maximum Gasteiger partial charge on any atom is 0.336 e. The highest BCUT2D eigenvalue weighted by molar-refractivity contribution is 6.05. The second-order valence-electron chi connectivity index (χ2n) is 7.37. The van der Waals surface area contributed by atoms with Crippen LogP contribution in [0.4, 0.5) is 0 Å². The molecule has 0 saturated carbocycles. The van der Waals surface area contributed by atoms with Gasteiger partial charge in [-0.3, -0.25) is 14.9 Å². The Balaban J connectivity index is 1.48. The van der Waals surface area contributed by atoms with Crippen molar-refractivity contribution in [3.05, 3.63) is 94.0 Å². The molecule has 6 N–H and O–H groups in total. The lowest BCUT2D eigenvalue weighted by Gasteiger charge is -2.11. The second-order valence-corrected chi connectivity index (χ2v) is 7.37. The third-order valence-corrected chi connectivity index (χ3v) is 4.97. The minimum atomic E-state index is -1.30. The summed E-state index contributed by atoms with van der Waals surface area (Å²) in [4.78, 5) is 33.3. The fraction of sp³-hybridized carbons (Fsp3) is 0.167. The molecule has 10 heteroatoms. The summed E-state index contributed by atoms with van der Waals surface area (Å²) < 4.78 is 0. The van der Waals surface area contributed by atoms with E-state index in [2.05, 4.69) is 15.7 Å². The molecule has 178 valence electrons. The van der Waals surface area contributed by atoms with Gasteiger partial charge in [-0.05, 0) is 52.6 Å². The van der Waals surface area contributed by atoms with E-state index in [0.717, 1.165) is 22.8 Å². The summed E-state index contributed by atoms with van der Waals surface area (Å²) >= 11 is 0. The zero-order valence-electron chi connectivity index (χ0n) is 18.0. The van der Waals surface area contributed by atoms with Crippen LogP contribution in [0.3, 0.4) is 0 Å². The van der Waals surface area contributed by atoms with E-state index >= 15 is 0 Å². The number of carboxylic acid groups (broad SMARTS) is 1. The molecule has 0 fully saturated rings. The molecule has 0 bridgehead atoms. The predicted octanol–water partition coefficient (Wildman–Crippen LogP) is 2.94. The number of hydrogen-bond acceptors (Lipinski definition) is 8. The lowest BCUT2D eigenvalue weighted by atomic mass is 10.1. The molecule has 0 atom stereocenters. The van der Waals surface area contributed by atoms with E-state index in [9.17, 15) is 24.9 Å². The largest absolute Gasteiger partial charge is 0.508 e. The maximum atomic E-state index is 12.4. The highest BCUT2D eigenvalue weighted by Gasteiger charge is 2.17. The number of rotatable bonds is 11. The summed E-state index contributed by atoms with van der Waals surface area (Å²) in [5.41, 5.74) is 5.59. The number of carbonyl (C=O) groups is 2.